The summed E-state index contributed by atoms with van der Waals surface area (Å²) in [6.07, 6.45) is 4.12. The second-order valence-corrected chi connectivity index (χ2v) is 5.04. The van der Waals surface area contributed by atoms with E-state index in [0.717, 1.165) is 44.4 Å². The minimum atomic E-state index is -1.54. The molecule has 7 heteroatoms. The molecule has 1 N–H and O–H groups in total. The molecule has 0 spiro atoms. The van der Waals surface area contributed by atoms with E-state index in [9.17, 15) is 13.2 Å². The summed E-state index contributed by atoms with van der Waals surface area (Å²) in [7, 11) is 0. The SMILES string of the molecule is Fc1ccc(-c2nc(C3CCCCCN3)no2)c(F)c1F. The van der Waals surface area contributed by atoms with Crippen molar-refractivity contribution in [2.24, 2.45) is 0 Å². The zero-order chi connectivity index (χ0) is 14.8. The highest BCUT2D eigenvalue weighted by atomic mass is 19.2. The van der Waals surface area contributed by atoms with E-state index in [4.69, 9.17) is 4.52 Å². The third kappa shape index (κ3) is 2.78. The number of benzene rings is 1. The summed E-state index contributed by atoms with van der Waals surface area (Å²) in [6.45, 7) is 0.855. The zero-order valence-corrected chi connectivity index (χ0v) is 11.2. The molecule has 2 aromatic rings. The predicted octanol–water partition coefficient (Wildman–Crippen LogP) is 3.36. The van der Waals surface area contributed by atoms with Gasteiger partial charge in [-0.15, -0.1) is 0 Å². The minimum absolute atomic E-state index is 0.0571. The fraction of sp³-hybridized carbons (Fsp3) is 0.429. The van der Waals surface area contributed by atoms with Crippen LogP contribution >= 0.6 is 0 Å². The summed E-state index contributed by atoms with van der Waals surface area (Å²) in [4.78, 5) is 4.11. The average Bonchev–Trinajstić information content (AvgIpc) is 2.80. The van der Waals surface area contributed by atoms with E-state index in [-0.39, 0.29) is 17.5 Å². The van der Waals surface area contributed by atoms with Gasteiger partial charge in [0.25, 0.3) is 5.89 Å². The van der Waals surface area contributed by atoms with Crippen LogP contribution in [-0.4, -0.2) is 16.7 Å². The molecule has 1 fully saturated rings. The highest BCUT2D eigenvalue weighted by molar-refractivity contribution is 5.54. The lowest BCUT2D eigenvalue weighted by molar-refractivity contribution is 0.398. The normalized spacial score (nSPS) is 19.5. The predicted molar refractivity (Wildman–Crippen MR) is 68.8 cm³/mol. The lowest BCUT2D eigenvalue weighted by atomic mass is 10.1. The number of rotatable bonds is 2. The Morgan fingerprint density at radius 1 is 1.10 bits per heavy atom. The molecule has 3 rings (SSSR count). The Balaban J connectivity index is 1.89. The van der Waals surface area contributed by atoms with Crippen LogP contribution in [0.2, 0.25) is 0 Å². The first-order chi connectivity index (χ1) is 10.2. The standard InChI is InChI=1S/C14H14F3N3O/c15-9-6-5-8(11(16)12(9)17)14-19-13(20-21-14)10-4-2-1-3-7-18-10/h5-6,10,18H,1-4,7H2. The second kappa shape index (κ2) is 5.85. The first kappa shape index (κ1) is 14.1. The van der Waals surface area contributed by atoms with Crippen LogP contribution < -0.4 is 5.32 Å². The van der Waals surface area contributed by atoms with Crippen molar-refractivity contribution in [1.82, 2.24) is 15.5 Å². The topological polar surface area (TPSA) is 51.0 Å². The largest absolute Gasteiger partial charge is 0.334 e. The van der Waals surface area contributed by atoms with E-state index < -0.39 is 17.5 Å². The van der Waals surface area contributed by atoms with Crippen LogP contribution in [0.3, 0.4) is 0 Å². The molecule has 112 valence electrons. The molecular weight excluding hydrogens is 283 g/mol. The number of hydrogen-bond acceptors (Lipinski definition) is 4. The van der Waals surface area contributed by atoms with Gasteiger partial charge in [-0.2, -0.15) is 4.98 Å². The van der Waals surface area contributed by atoms with Gasteiger partial charge in [0.1, 0.15) is 0 Å². The van der Waals surface area contributed by atoms with Gasteiger partial charge in [-0.3, -0.25) is 0 Å². The number of nitrogens with one attached hydrogen (secondary N) is 1. The molecule has 21 heavy (non-hydrogen) atoms. The van der Waals surface area contributed by atoms with E-state index in [0.29, 0.717) is 5.82 Å². The van der Waals surface area contributed by atoms with E-state index in [1.807, 2.05) is 0 Å². The first-order valence-corrected chi connectivity index (χ1v) is 6.87. The second-order valence-electron chi connectivity index (χ2n) is 5.04. The maximum absolute atomic E-state index is 13.7. The van der Waals surface area contributed by atoms with Crippen LogP contribution in [0.15, 0.2) is 16.7 Å². The molecule has 0 radical (unpaired) electrons. The molecule has 0 aliphatic carbocycles. The Hall–Kier alpha value is -1.89. The zero-order valence-electron chi connectivity index (χ0n) is 11.2. The van der Waals surface area contributed by atoms with Crippen LogP contribution in [0.25, 0.3) is 11.5 Å². The van der Waals surface area contributed by atoms with Crippen molar-refractivity contribution in [2.45, 2.75) is 31.7 Å². The van der Waals surface area contributed by atoms with Crippen molar-refractivity contribution < 1.29 is 17.7 Å². The lowest BCUT2D eigenvalue weighted by Gasteiger charge is -2.09. The molecule has 1 unspecified atom stereocenters. The Morgan fingerprint density at radius 3 is 2.81 bits per heavy atom. The summed E-state index contributed by atoms with van der Waals surface area (Å²) in [5.41, 5.74) is -0.235. The van der Waals surface area contributed by atoms with Crippen LogP contribution in [-0.2, 0) is 0 Å². The molecule has 0 saturated carbocycles. The number of halogens is 3. The van der Waals surface area contributed by atoms with Crippen molar-refractivity contribution in [3.05, 3.63) is 35.4 Å². The fourth-order valence-corrected chi connectivity index (χ4v) is 2.43. The van der Waals surface area contributed by atoms with Gasteiger partial charge in [0.05, 0.1) is 11.6 Å². The van der Waals surface area contributed by atoms with E-state index in [1.165, 1.54) is 0 Å². The molecule has 0 amide bonds. The quantitative estimate of drug-likeness (QED) is 0.864. The van der Waals surface area contributed by atoms with Gasteiger partial charge in [0.15, 0.2) is 23.3 Å². The van der Waals surface area contributed by atoms with Gasteiger partial charge < -0.3 is 9.84 Å². The highest BCUT2D eigenvalue weighted by Gasteiger charge is 2.23. The summed E-state index contributed by atoms with van der Waals surface area (Å²) in [5.74, 6) is -3.84. The summed E-state index contributed by atoms with van der Waals surface area (Å²) >= 11 is 0. The average molecular weight is 297 g/mol. The van der Waals surface area contributed by atoms with Crippen LogP contribution in [0.5, 0.6) is 0 Å². The molecule has 1 saturated heterocycles. The van der Waals surface area contributed by atoms with Gasteiger partial charge in [-0.05, 0) is 31.5 Å². The number of nitrogens with zero attached hydrogens (tertiary/aromatic N) is 2. The van der Waals surface area contributed by atoms with Crippen molar-refractivity contribution >= 4 is 0 Å². The smallest absolute Gasteiger partial charge is 0.261 e. The Bertz CT molecular complexity index is 636. The van der Waals surface area contributed by atoms with Gasteiger partial charge >= 0.3 is 0 Å². The van der Waals surface area contributed by atoms with Crippen molar-refractivity contribution in [3.63, 3.8) is 0 Å². The molecule has 1 atom stereocenters. The van der Waals surface area contributed by atoms with Crippen LogP contribution in [0, 0.1) is 17.5 Å². The molecule has 1 aliphatic heterocycles. The number of aromatic nitrogens is 2. The molecular formula is C14H14F3N3O. The highest BCUT2D eigenvalue weighted by Crippen LogP contribution is 2.27. The van der Waals surface area contributed by atoms with Gasteiger partial charge in [-0.1, -0.05) is 18.0 Å². The Labute approximate surface area is 119 Å². The van der Waals surface area contributed by atoms with Gasteiger partial charge in [0, 0.05) is 0 Å². The monoisotopic (exact) mass is 297 g/mol. The lowest BCUT2D eigenvalue weighted by Crippen LogP contribution is -2.21. The fourth-order valence-electron chi connectivity index (χ4n) is 2.43. The summed E-state index contributed by atoms with van der Waals surface area (Å²) in [6, 6.07) is 1.87. The Morgan fingerprint density at radius 2 is 1.95 bits per heavy atom. The van der Waals surface area contributed by atoms with Crippen molar-refractivity contribution in [3.8, 4) is 11.5 Å². The molecule has 2 heterocycles. The molecule has 4 nitrogen and oxygen atoms in total. The molecule has 1 aliphatic rings. The third-order valence-electron chi connectivity index (χ3n) is 3.58. The Kier molecular flexibility index (Phi) is 3.92. The third-order valence-corrected chi connectivity index (χ3v) is 3.58. The summed E-state index contributed by atoms with van der Waals surface area (Å²) in [5, 5.41) is 7.10. The maximum Gasteiger partial charge on any atom is 0.261 e. The van der Waals surface area contributed by atoms with Crippen LogP contribution in [0.1, 0.15) is 37.5 Å². The maximum atomic E-state index is 13.7. The van der Waals surface area contributed by atoms with E-state index >= 15 is 0 Å². The molecule has 1 aromatic heterocycles. The number of hydrogen-bond donors (Lipinski definition) is 1. The minimum Gasteiger partial charge on any atom is -0.334 e. The van der Waals surface area contributed by atoms with Crippen molar-refractivity contribution in [1.29, 1.82) is 0 Å². The van der Waals surface area contributed by atoms with Gasteiger partial charge in [0.2, 0.25) is 0 Å². The molecule has 1 aromatic carbocycles. The van der Waals surface area contributed by atoms with E-state index in [2.05, 4.69) is 15.5 Å². The van der Waals surface area contributed by atoms with Crippen LogP contribution in [0.4, 0.5) is 13.2 Å². The van der Waals surface area contributed by atoms with Crippen molar-refractivity contribution in [2.75, 3.05) is 6.54 Å². The van der Waals surface area contributed by atoms with Gasteiger partial charge in [-0.25, -0.2) is 13.2 Å². The molecule has 0 bridgehead atoms. The van der Waals surface area contributed by atoms with E-state index in [1.54, 1.807) is 0 Å². The first-order valence-electron chi connectivity index (χ1n) is 6.87. The summed E-state index contributed by atoms with van der Waals surface area (Å²) < 4.78 is 44.9.